The molecule has 1 aromatic carbocycles. The smallest absolute Gasteiger partial charge is 0.303 e. The van der Waals surface area contributed by atoms with Gasteiger partial charge in [-0.25, -0.2) is 4.39 Å². The molecule has 0 aliphatic rings. The Labute approximate surface area is 123 Å². The van der Waals surface area contributed by atoms with Gasteiger partial charge in [0.05, 0.1) is 5.56 Å². The van der Waals surface area contributed by atoms with Crippen molar-refractivity contribution >= 4 is 21.9 Å². The van der Waals surface area contributed by atoms with Crippen molar-refractivity contribution < 1.29 is 18.7 Å². The molecule has 0 aliphatic heterocycles. The molecule has 0 bridgehead atoms. The highest BCUT2D eigenvalue weighted by Gasteiger charge is 2.18. The predicted octanol–water partition coefficient (Wildman–Crippen LogP) is 3.29. The van der Waals surface area contributed by atoms with Crippen LogP contribution in [0, 0.1) is 11.7 Å². The number of carboxylic acid groups (broad SMARTS) is 1. The maximum atomic E-state index is 13.7. The lowest BCUT2D eigenvalue weighted by atomic mass is 10.0. The summed E-state index contributed by atoms with van der Waals surface area (Å²) in [6.45, 7) is 1.77. The second-order valence-corrected chi connectivity index (χ2v) is 5.36. The van der Waals surface area contributed by atoms with Crippen molar-refractivity contribution in [3.8, 4) is 11.5 Å². The molecule has 0 saturated heterocycles. The van der Waals surface area contributed by atoms with Crippen molar-refractivity contribution in [2.75, 3.05) is 0 Å². The zero-order valence-electron chi connectivity index (χ0n) is 10.6. The summed E-state index contributed by atoms with van der Waals surface area (Å²) in [4.78, 5) is 10.6. The minimum atomic E-state index is -0.880. The minimum Gasteiger partial charge on any atom is -0.481 e. The van der Waals surface area contributed by atoms with E-state index in [0.29, 0.717) is 16.8 Å². The lowest BCUT2D eigenvalue weighted by molar-refractivity contribution is -0.137. The third-order valence-corrected chi connectivity index (χ3v) is 3.35. The summed E-state index contributed by atoms with van der Waals surface area (Å²) in [5.74, 6) is -1.11. The third kappa shape index (κ3) is 3.41. The summed E-state index contributed by atoms with van der Waals surface area (Å²) in [5.41, 5.74) is 0.206. The highest BCUT2D eigenvalue weighted by Crippen LogP contribution is 2.30. The van der Waals surface area contributed by atoms with Crippen LogP contribution < -0.4 is 0 Å². The van der Waals surface area contributed by atoms with Gasteiger partial charge in [0, 0.05) is 17.3 Å². The van der Waals surface area contributed by atoms with Crippen molar-refractivity contribution in [3.05, 3.63) is 34.4 Å². The molecule has 0 fully saturated rings. The minimum absolute atomic E-state index is 0.0150. The third-order valence-electron chi connectivity index (χ3n) is 2.69. The van der Waals surface area contributed by atoms with E-state index in [0.717, 1.165) is 0 Å². The highest BCUT2D eigenvalue weighted by molar-refractivity contribution is 9.10. The zero-order valence-corrected chi connectivity index (χ0v) is 12.2. The Balaban J connectivity index is 2.19. The normalized spacial score (nSPS) is 12.3. The van der Waals surface area contributed by atoms with Crippen LogP contribution in [0.1, 0.15) is 19.2 Å². The monoisotopic (exact) mass is 342 g/mol. The van der Waals surface area contributed by atoms with Gasteiger partial charge in [-0.05, 0) is 34.0 Å². The van der Waals surface area contributed by atoms with Crippen molar-refractivity contribution in [1.82, 2.24) is 10.2 Å². The van der Waals surface area contributed by atoms with Crippen molar-refractivity contribution in [3.63, 3.8) is 0 Å². The van der Waals surface area contributed by atoms with Gasteiger partial charge in [0.2, 0.25) is 5.89 Å². The van der Waals surface area contributed by atoms with Crippen LogP contribution in [0.3, 0.4) is 0 Å². The van der Waals surface area contributed by atoms with Crippen molar-refractivity contribution in [1.29, 1.82) is 0 Å². The van der Waals surface area contributed by atoms with E-state index in [4.69, 9.17) is 9.52 Å². The molecule has 7 heteroatoms. The molecule has 0 spiro atoms. The number of carbonyl (C=O) groups is 1. The highest BCUT2D eigenvalue weighted by atomic mass is 79.9. The van der Waals surface area contributed by atoms with Gasteiger partial charge in [-0.1, -0.05) is 13.0 Å². The van der Waals surface area contributed by atoms with Crippen molar-refractivity contribution in [2.45, 2.75) is 19.8 Å². The first kappa shape index (κ1) is 14.6. The van der Waals surface area contributed by atoms with E-state index in [2.05, 4.69) is 26.1 Å². The number of halogens is 2. The van der Waals surface area contributed by atoms with Gasteiger partial charge >= 0.3 is 5.97 Å². The Morgan fingerprint density at radius 1 is 1.50 bits per heavy atom. The second-order valence-electron chi connectivity index (χ2n) is 4.50. The molecule has 1 heterocycles. The lowest BCUT2D eigenvalue weighted by Crippen LogP contribution is -2.07. The number of benzene rings is 1. The van der Waals surface area contributed by atoms with Gasteiger partial charge < -0.3 is 9.52 Å². The fraction of sp³-hybridized carbons (Fsp3) is 0.308. The first-order valence-electron chi connectivity index (χ1n) is 5.96. The molecule has 5 nitrogen and oxygen atoms in total. The molecule has 2 aromatic rings. The molecule has 0 aliphatic carbocycles. The van der Waals surface area contributed by atoms with Gasteiger partial charge in [-0.3, -0.25) is 4.79 Å². The Morgan fingerprint density at radius 3 is 2.90 bits per heavy atom. The van der Waals surface area contributed by atoms with E-state index < -0.39 is 11.8 Å². The Bertz CT molecular complexity index is 610. The van der Waals surface area contributed by atoms with E-state index in [9.17, 15) is 9.18 Å². The number of nitrogens with zero attached hydrogens (tertiary/aromatic N) is 2. The molecule has 0 amide bonds. The van der Waals surface area contributed by atoms with E-state index in [1.807, 2.05) is 0 Å². The van der Waals surface area contributed by atoms with Crippen molar-refractivity contribution in [2.24, 2.45) is 5.92 Å². The average molecular weight is 343 g/mol. The second kappa shape index (κ2) is 6.13. The van der Waals surface area contributed by atoms with Gasteiger partial charge in [0.15, 0.2) is 0 Å². The molecule has 0 saturated carbocycles. The number of carboxylic acids is 1. The number of hydrogen-bond donors (Lipinski definition) is 1. The van der Waals surface area contributed by atoms with Gasteiger partial charge in [-0.2, -0.15) is 0 Å². The Morgan fingerprint density at radius 2 is 2.25 bits per heavy atom. The quantitative estimate of drug-likeness (QED) is 0.902. The molecule has 20 heavy (non-hydrogen) atoms. The molecule has 106 valence electrons. The zero-order chi connectivity index (χ0) is 14.7. The van der Waals surface area contributed by atoms with Gasteiger partial charge in [-0.15, -0.1) is 10.2 Å². The van der Waals surface area contributed by atoms with Crippen LogP contribution in [-0.4, -0.2) is 21.3 Å². The standard InChI is InChI=1S/C13H12BrFN2O3/c1-7(6-11(18)19)5-10-16-17-13(20-10)12-8(14)3-2-4-9(12)15/h2-4,7H,5-6H2,1H3,(H,18,19). The fourth-order valence-corrected chi connectivity index (χ4v) is 2.32. The van der Waals surface area contributed by atoms with Crippen LogP contribution in [-0.2, 0) is 11.2 Å². The maximum absolute atomic E-state index is 13.7. The van der Waals surface area contributed by atoms with Crippen LogP contribution in [0.2, 0.25) is 0 Å². The molecular formula is C13H12BrFN2O3. The summed E-state index contributed by atoms with van der Waals surface area (Å²) in [7, 11) is 0. The van der Waals surface area contributed by atoms with E-state index in [1.54, 1.807) is 19.1 Å². The number of hydrogen-bond acceptors (Lipinski definition) is 4. The molecule has 1 N–H and O–H groups in total. The van der Waals surface area contributed by atoms with Gasteiger partial charge in [0.1, 0.15) is 5.82 Å². The predicted molar refractivity (Wildman–Crippen MR) is 72.5 cm³/mol. The van der Waals surface area contributed by atoms with Crippen LogP contribution in [0.5, 0.6) is 0 Å². The van der Waals surface area contributed by atoms with Crippen LogP contribution in [0.15, 0.2) is 27.1 Å². The van der Waals surface area contributed by atoms with E-state index in [-0.39, 0.29) is 23.8 Å². The Kier molecular flexibility index (Phi) is 4.49. The largest absolute Gasteiger partial charge is 0.481 e. The topological polar surface area (TPSA) is 76.2 Å². The van der Waals surface area contributed by atoms with Gasteiger partial charge in [0.25, 0.3) is 5.89 Å². The number of aromatic nitrogens is 2. The average Bonchev–Trinajstić information content (AvgIpc) is 2.75. The summed E-state index contributed by atoms with van der Waals surface area (Å²) < 4.78 is 19.7. The Hall–Kier alpha value is -1.76. The molecule has 1 aromatic heterocycles. The first-order valence-corrected chi connectivity index (χ1v) is 6.75. The molecular weight excluding hydrogens is 331 g/mol. The molecule has 1 unspecified atom stereocenters. The maximum Gasteiger partial charge on any atom is 0.303 e. The first-order chi connectivity index (χ1) is 9.47. The van der Waals surface area contributed by atoms with Crippen LogP contribution in [0.4, 0.5) is 4.39 Å². The number of rotatable bonds is 5. The SMILES string of the molecule is CC(CC(=O)O)Cc1nnc(-c2c(F)cccc2Br)o1. The molecule has 1 atom stereocenters. The van der Waals surface area contributed by atoms with E-state index in [1.165, 1.54) is 6.07 Å². The molecule has 2 rings (SSSR count). The van der Waals surface area contributed by atoms with Crippen LogP contribution >= 0.6 is 15.9 Å². The van der Waals surface area contributed by atoms with E-state index >= 15 is 0 Å². The fourth-order valence-electron chi connectivity index (χ4n) is 1.81. The summed E-state index contributed by atoms with van der Waals surface area (Å²) in [6, 6.07) is 4.54. The summed E-state index contributed by atoms with van der Waals surface area (Å²) in [6.07, 6.45) is 0.354. The summed E-state index contributed by atoms with van der Waals surface area (Å²) >= 11 is 3.23. The molecule has 0 radical (unpaired) electrons. The summed E-state index contributed by atoms with van der Waals surface area (Å²) in [5, 5.41) is 16.3. The van der Waals surface area contributed by atoms with Crippen LogP contribution in [0.25, 0.3) is 11.5 Å². The number of aliphatic carboxylic acids is 1. The lowest BCUT2D eigenvalue weighted by Gasteiger charge is -2.04.